The van der Waals surface area contributed by atoms with Gasteiger partial charge in [-0.2, -0.15) is 0 Å². The molecule has 0 spiro atoms. The summed E-state index contributed by atoms with van der Waals surface area (Å²) >= 11 is 0. The Morgan fingerprint density at radius 2 is 1.70 bits per heavy atom. The molecule has 1 aromatic rings. The summed E-state index contributed by atoms with van der Waals surface area (Å²) < 4.78 is 0. The maximum atomic E-state index is 3.62. The van der Waals surface area contributed by atoms with Gasteiger partial charge in [-0.15, -0.1) is 0 Å². The van der Waals surface area contributed by atoms with Crippen LogP contribution in [0.5, 0.6) is 0 Å². The lowest BCUT2D eigenvalue weighted by atomic mass is 10.1. The van der Waals surface area contributed by atoms with E-state index in [4.69, 9.17) is 0 Å². The van der Waals surface area contributed by atoms with Crippen molar-refractivity contribution in [2.75, 3.05) is 45.2 Å². The third kappa shape index (κ3) is 5.51. The van der Waals surface area contributed by atoms with Crippen LogP contribution >= 0.6 is 0 Å². The minimum Gasteiger partial charge on any atom is -0.378 e. The molecule has 0 fully saturated rings. The van der Waals surface area contributed by atoms with Gasteiger partial charge in [0.1, 0.15) is 0 Å². The molecule has 0 heterocycles. The highest BCUT2D eigenvalue weighted by Crippen LogP contribution is 2.17. The number of hydrogen-bond acceptors (Lipinski definition) is 3. The zero-order chi connectivity index (χ0) is 15.0. The second-order valence-electron chi connectivity index (χ2n) is 5.60. The molecular weight excluding hydrogens is 246 g/mol. The molecule has 0 saturated heterocycles. The Hall–Kier alpha value is -1.06. The average molecular weight is 277 g/mol. The molecule has 0 bridgehead atoms. The van der Waals surface area contributed by atoms with E-state index in [1.54, 1.807) is 0 Å². The molecule has 3 heteroatoms. The SMILES string of the molecule is CCCN(CC)CCNC(C)c1ccc(N(C)C)cc1. The fourth-order valence-electron chi connectivity index (χ4n) is 2.36. The van der Waals surface area contributed by atoms with Crippen LogP contribution in [0.15, 0.2) is 24.3 Å². The van der Waals surface area contributed by atoms with Crippen molar-refractivity contribution >= 4 is 5.69 Å². The van der Waals surface area contributed by atoms with E-state index in [1.807, 2.05) is 0 Å². The number of nitrogens with one attached hydrogen (secondary N) is 1. The Kier molecular flexibility index (Phi) is 7.63. The Morgan fingerprint density at radius 1 is 1.05 bits per heavy atom. The summed E-state index contributed by atoms with van der Waals surface area (Å²) in [4.78, 5) is 4.63. The number of likely N-dealkylation sites (N-methyl/N-ethyl adjacent to an activating group) is 1. The van der Waals surface area contributed by atoms with Crippen LogP contribution < -0.4 is 10.2 Å². The normalized spacial score (nSPS) is 12.7. The van der Waals surface area contributed by atoms with Gasteiger partial charge in [-0.1, -0.05) is 26.0 Å². The van der Waals surface area contributed by atoms with Crippen molar-refractivity contribution in [1.82, 2.24) is 10.2 Å². The molecule has 0 amide bonds. The topological polar surface area (TPSA) is 18.5 Å². The Balaban J connectivity index is 2.40. The predicted molar refractivity (Wildman–Crippen MR) is 89.6 cm³/mol. The third-order valence-corrected chi connectivity index (χ3v) is 3.78. The molecule has 1 unspecified atom stereocenters. The van der Waals surface area contributed by atoms with Crippen molar-refractivity contribution < 1.29 is 0 Å². The Bertz CT molecular complexity index is 359. The highest BCUT2D eigenvalue weighted by Gasteiger charge is 2.06. The van der Waals surface area contributed by atoms with Crippen LogP contribution in [0.3, 0.4) is 0 Å². The molecule has 114 valence electrons. The molecule has 0 aromatic heterocycles. The van der Waals surface area contributed by atoms with Crippen LogP contribution in [0.1, 0.15) is 38.8 Å². The molecule has 1 aromatic carbocycles. The van der Waals surface area contributed by atoms with Crippen molar-refractivity contribution in [2.45, 2.75) is 33.2 Å². The monoisotopic (exact) mass is 277 g/mol. The first-order chi connectivity index (χ1) is 9.58. The number of benzene rings is 1. The summed E-state index contributed by atoms with van der Waals surface area (Å²) in [7, 11) is 4.15. The third-order valence-electron chi connectivity index (χ3n) is 3.78. The summed E-state index contributed by atoms with van der Waals surface area (Å²) in [6.07, 6.45) is 1.23. The van der Waals surface area contributed by atoms with Gasteiger partial charge in [0.2, 0.25) is 0 Å². The minimum atomic E-state index is 0.409. The van der Waals surface area contributed by atoms with Crippen LogP contribution in [-0.4, -0.2) is 45.2 Å². The lowest BCUT2D eigenvalue weighted by molar-refractivity contribution is 0.284. The fourth-order valence-corrected chi connectivity index (χ4v) is 2.36. The van der Waals surface area contributed by atoms with Crippen LogP contribution in [0, 0.1) is 0 Å². The molecular formula is C17H31N3. The minimum absolute atomic E-state index is 0.409. The van der Waals surface area contributed by atoms with E-state index >= 15 is 0 Å². The van der Waals surface area contributed by atoms with E-state index in [0.29, 0.717) is 6.04 Å². The first-order valence-electron chi connectivity index (χ1n) is 7.81. The molecule has 0 aliphatic heterocycles. The Labute approximate surface area is 125 Å². The molecule has 1 atom stereocenters. The quantitative estimate of drug-likeness (QED) is 0.748. The van der Waals surface area contributed by atoms with E-state index in [2.05, 4.69) is 74.2 Å². The maximum absolute atomic E-state index is 3.62. The predicted octanol–water partition coefficient (Wildman–Crippen LogP) is 3.14. The van der Waals surface area contributed by atoms with Crippen molar-refractivity contribution in [2.24, 2.45) is 0 Å². The number of nitrogens with zero attached hydrogens (tertiary/aromatic N) is 2. The van der Waals surface area contributed by atoms with Gasteiger partial charge in [0.25, 0.3) is 0 Å². The van der Waals surface area contributed by atoms with Crippen molar-refractivity contribution in [3.8, 4) is 0 Å². The summed E-state index contributed by atoms with van der Waals surface area (Å²) in [6, 6.07) is 9.21. The molecule has 0 aliphatic rings. The first-order valence-corrected chi connectivity index (χ1v) is 7.81. The van der Waals surface area contributed by atoms with Crippen LogP contribution in [0.4, 0.5) is 5.69 Å². The second-order valence-corrected chi connectivity index (χ2v) is 5.60. The molecule has 0 aliphatic carbocycles. The largest absolute Gasteiger partial charge is 0.378 e. The second kappa shape index (κ2) is 8.98. The maximum Gasteiger partial charge on any atom is 0.0361 e. The summed E-state index contributed by atoms with van der Waals surface area (Å²) in [5.74, 6) is 0. The smallest absolute Gasteiger partial charge is 0.0361 e. The van der Waals surface area contributed by atoms with Crippen molar-refractivity contribution in [1.29, 1.82) is 0 Å². The number of hydrogen-bond donors (Lipinski definition) is 1. The molecule has 20 heavy (non-hydrogen) atoms. The molecule has 1 N–H and O–H groups in total. The highest BCUT2D eigenvalue weighted by molar-refractivity contribution is 5.46. The van der Waals surface area contributed by atoms with Gasteiger partial charge in [-0.25, -0.2) is 0 Å². The van der Waals surface area contributed by atoms with E-state index < -0.39 is 0 Å². The molecule has 1 rings (SSSR count). The summed E-state index contributed by atoms with van der Waals surface area (Å²) in [5, 5.41) is 3.62. The number of rotatable bonds is 9. The molecule has 0 radical (unpaired) electrons. The molecule has 3 nitrogen and oxygen atoms in total. The van der Waals surface area contributed by atoms with Crippen molar-refractivity contribution in [3.63, 3.8) is 0 Å². The molecule has 0 saturated carbocycles. The zero-order valence-corrected chi connectivity index (χ0v) is 13.8. The number of anilines is 1. The van der Waals surface area contributed by atoms with Gasteiger partial charge >= 0.3 is 0 Å². The average Bonchev–Trinajstić information content (AvgIpc) is 2.46. The van der Waals surface area contributed by atoms with Crippen molar-refractivity contribution in [3.05, 3.63) is 29.8 Å². The van der Waals surface area contributed by atoms with Crippen LogP contribution in [-0.2, 0) is 0 Å². The van der Waals surface area contributed by atoms with Gasteiger partial charge < -0.3 is 15.1 Å². The van der Waals surface area contributed by atoms with Gasteiger partial charge in [-0.3, -0.25) is 0 Å². The zero-order valence-electron chi connectivity index (χ0n) is 13.8. The van der Waals surface area contributed by atoms with E-state index in [9.17, 15) is 0 Å². The van der Waals surface area contributed by atoms with Crippen LogP contribution in [0.2, 0.25) is 0 Å². The fraction of sp³-hybridized carbons (Fsp3) is 0.647. The summed E-state index contributed by atoms with van der Waals surface area (Å²) in [6.45, 7) is 11.2. The lowest BCUT2D eigenvalue weighted by Crippen LogP contribution is -2.33. The Morgan fingerprint density at radius 3 is 2.20 bits per heavy atom. The van der Waals surface area contributed by atoms with E-state index in [-0.39, 0.29) is 0 Å². The first kappa shape index (κ1) is 17.0. The highest BCUT2D eigenvalue weighted by atomic mass is 15.1. The van der Waals surface area contributed by atoms with E-state index in [1.165, 1.54) is 24.2 Å². The van der Waals surface area contributed by atoms with Gasteiger partial charge in [0.15, 0.2) is 0 Å². The summed E-state index contributed by atoms with van der Waals surface area (Å²) in [5.41, 5.74) is 2.61. The van der Waals surface area contributed by atoms with Gasteiger partial charge in [-0.05, 0) is 44.1 Å². The van der Waals surface area contributed by atoms with Crippen LogP contribution in [0.25, 0.3) is 0 Å². The standard InChI is InChI=1S/C17H31N3/c1-6-13-20(7-2)14-12-18-15(3)16-8-10-17(11-9-16)19(4)5/h8-11,15,18H,6-7,12-14H2,1-5H3. The van der Waals surface area contributed by atoms with E-state index in [0.717, 1.165) is 19.6 Å². The lowest BCUT2D eigenvalue weighted by Gasteiger charge is -2.22. The van der Waals surface area contributed by atoms with Gasteiger partial charge in [0, 0.05) is 38.9 Å². The van der Waals surface area contributed by atoms with Gasteiger partial charge in [0.05, 0.1) is 0 Å².